The van der Waals surface area contributed by atoms with Crippen molar-refractivity contribution < 1.29 is 14.3 Å². The van der Waals surface area contributed by atoms with E-state index in [0.717, 1.165) is 56.0 Å². The van der Waals surface area contributed by atoms with Crippen LogP contribution in [0.5, 0.6) is 11.5 Å². The molecule has 0 aromatic heterocycles. The smallest absolute Gasteiger partial charge is 0.175 e. The number of halogens is 1. The molecule has 0 bridgehead atoms. The first-order chi connectivity index (χ1) is 15.5. The lowest BCUT2D eigenvalue weighted by molar-refractivity contribution is -0.114. The maximum absolute atomic E-state index is 13.1. The highest BCUT2D eigenvalue weighted by Crippen LogP contribution is 2.49. The van der Waals surface area contributed by atoms with Gasteiger partial charge in [0.25, 0.3) is 0 Å². The number of ether oxygens (including phenoxy) is 2. The van der Waals surface area contributed by atoms with Crippen LogP contribution in [0, 0.1) is 0 Å². The molecule has 32 heavy (non-hydrogen) atoms. The van der Waals surface area contributed by atoms with E-state index in [-0.39, 0.29) is 17.9 Å². The van der Waals surface area contributed by atoms with Crippen molar-refractivity contribution in [2.45, 2.75) is 45.3 Å². The molecule has 0 amide bonds. The van der Waals surface area contributed by atoms with Crippen molar-refractivity contribution in [2.75, 3.05) is 12.4 Å². The van der Waals surface area contributed by atoms with Crippen LogP contribution in [0.3, 0.4) is 0 Å². The molecule has 5 heteroatoms. The van der Waals surface area contributed by atoms with E-state index in [4.69, 9.17) is 9.47 Å². The number of carbonyl (C=O) groups excluding carboxylic acids is 1. The number of allylic oxidation sites excluding steroid dienone is 1. The number of benzene rings is 3. The second-order valence-corrected chi connectivity index (χ2v) is 9.52. The minimum absolute atomic E-state index is 0.0300. The van der Waals surface area contributed by atoms with Crippen LogP contribution in [0.2, 0.25) is 0 Å². The number of methoxy groups -OCH3 is 1. The molecule has 0 fully saturated rings. The average molecular weight is 492 g/mol. The second-order valence-electron chi connectivity index (χ2n) is 8.66. The van der Waals surface area contributed by atoms with Gasteiger partial charge >= 0.3 is 0 Å². The Balaban J connectivity index is 1.71. The molecule has 1 unspecified atom stereocenters. The molecule has 1 atom stereocenters. The third-order valence-electron chi connectivity index (χ3n) is 6.22. The first-order valence-corrected chi connectivity index (χ1v) is 11.9. The number of rotatable bonds is 4. The Morgan fingerprint density at radius 1 is 1.09 bits per heavy atom. The third-order valence-corrected chi connectivity index (χ3v) is 6.81. The molecule has 3 aromatic carbocycles. The van der Waals surface area contributed by atoms with Crippen molar-refractivity contribution in [2.24, 2.45) is 0 Å². The van der Waals surface area contributed by atoms with Crippen LogP contribution >= 0.6 is 15.9 Å². The summed E-state index contributed by atoms with van der Waals surface area (Å²) in [6.45, 7) is 3.99. The zero-order valence-electron chi connectivity index (χ0n) is 18.5. The van der Waals surface area contributed by atoms with Gasteiger partial charge in [-0.05, 0) is 71.3 Å². The van der Waals surface area contributed by atoms with Crippen molar-refractivity contribution in [1.29, 1.82) is 0 Å². The summed E-state index contributed by atoms with van der Waals surface area (Å²) in [4.78, 5) is 13.1. The van der Waals surface area contributed by atoms with Gasteiger partial charge in [-0.2, -0.15) is 0 Å². The van der Waals surface area contributed by atoms with Crippen LogP contribution in [0.4, 0.5) is 5.69 Å². The van der Waals surface area contributed by atoms with Crippen LogP contribution in [0.1, 0.15) is 50.3 Å². The number of hydrogen-bond donors (Lipinski definition) is 1. The summed E-state index contributed by atoms with van der Waals surface area (Å²) in [5.41, 5.74) is 5.14. The summed E-state index contributed by atoms with van der Waals surface area (Å²) in [5, 5.41) is 6.07. The van der Waals surface area contributed by atoms with Crippen molar-refractivity contribution in [3.8, 4) is 11.5 Å². The SMILES string of the molecule is COc1cc(C2Nc3c(ccc4ccccc34)C3=C2CCCC3=O)cc(Br)c1OC(C)C. The molecule has 0 saturated carbocycles. The molecule has 1 N–H and O–H groups in total. The van der Waals surface area contributed by atoms with Crippen LogP contribution in [0.15, 0.2) is 58.6 Å². The van der Waals surface area contributed by atoms with Gasteiger partial charge in [-0.25, -0.2) is 0 Å². The van der Waals surface area contributed by atoms with Gasteiger partial charge < -0.3 is 14.8 Å². The summed E-state index contributed by atoms with van der Waals surface area (Å²) in [7, 11) is 1.66. The molecular formula is C27H26BrNO3. The highest BCUT2D eigenvalue weighted by molar-refractivity contribution is 9.10. The molecule has 3 aromatic rings. The molecule has 0 spiro atoms. The average Bonchev–Trinajstić information content (AvgIpc) is 2.79. The first-order valence-electron chi connectivity index (χ1n) is 11.1. The van der Waals surface area contributed by atoms with E-state index in [1.807, 2.05) is 32.0 Å². The first kappa shape index (κ1) is 21.1. The number of fused-ring (bicyclic) bond motifs is 4. The van der Waals surface area contributed by atoms with E-state index in [2.05, 4.69) is 51.6 Å². The standard InChI is InChI=1S/C27H26BrNO3/c1-15(2)32-27-21(28)13-17(14-23(27)31-3)25-19-9-6-10-22(30)24(19)20-12-11-16-7-4-5-8-18(16)26(20)29-25/h4-5,7-8,11-15,25,29H,6,9-10H2,1-3H3. The predicted octanol–water partition coefficient (Wildman–Crippen LogP) is 7.07. The fraction of sp³-hybridized carbons (Fsp3) is 0.296. The Labute approximate surface area is 196 Å². The molecule has 1 aliphatic heterocycles. The van der Waals surface area contributed by atoms with Gasteiger partial charge in [0.1, 0.15) is 0 Å². The normalized spacial score (nSPS) is 17.8. The van der Waals surface area contributed by atoms with Crippen LogP contribution in [-0.2, 0) is 4.79 Å². The number of Topliss-reactive ketones (excluding diaryl/α,β-unsaturated/α-hetero) is 1. The maximum Gasteiger partial charge on any atom is 0.175 e. The molecule has 5 rings (SSSR count). The lowest BCUT2D eigenvalue weighted by Gasteiger charge is -2.35. The van der Waals surface area contributed by atoms with E-state index >= 15 is 0 Å². The fourth-order valence-electron chi connectivity index (χ4n) is 4.89. The number of ketones is 1. The molecular weight excluding hydrogens is 466 g/mol. The number of hydrogen-bond acceptors (Lipinski definition) is 4. The largest absolute Gasteiger partial charge is 0.493 e. The molecule has 164 valence electrons. The maximum atomic E-state index is 13.1. The highest BCUT2D eigenvalue weighted by Gasteiger charge is 2.34. The van der Waals surface area contributed by atoms with E-state index < -0.39 is 0 Å². The lowest BCUT2D eigenvalue weighted by atomic mass is 9.77. The minimum Gasteiger partial charge on any atom is -0.493 e. The molecule has 4 nitrogen and oxygen atoms in total. The van der Waals surface area contributed by atoms with E-state index in [1.165, 1.54) is 0 Å². The Morgan fingerprint density at radius 3 is 2.69 bits per heavy atom. The fourth-order valence-corrected chi connectivity index (χ4v) is 5.44. The van der Waals surface area contributed by atoms with Crippen LogP contribution in [-0.4, -0.2) is 19.0 Å². The monoisotopic (exact) mass is 491 g/mol. The summed E-state index contributed by atoms with van der Waals surface area (Å²) < 4.78 is 12.5. The zero-order chi connectivity index (χ0) is 22.4. The van der Waals surface area contributed by atoms with Crippen molar-refractivity contribution in [1.82, 2.24) is 0 Å². The second kappa shape index (κ2) is 8.28. The van der Waals surface area contributed by atoms with Gasteiger partial charge in [0.05, 0.1) is 29.4 Å². The summed E-state index contributed by atoms with van der Waals surface area (Å²) in [6.07, 6.45) is 2.41. The molecule has 0 radical (unpaired) electrons. The Morgan fingerprint density at radius 2 is 1.91 bits per heavy atom. The molecule has 1 aliphatic carbocycles. The van der Waals surface area contributed by atoms with Crippen LogP contribution < -0.4 is 14.8 Å². The van der Waals surface area contributed by atoms with Gasteiger partial charge in [0.15, 0.2) is 17.3 Å². The van der Waals surface area contributed by atoms with Gasteiger partial charge in [-0.3, -0.25) is 4.79 Å². The van der Waals surface area contributed by atoms with Gasteiger partial charge in [-0.1, -0.05) is 36.4 Å². The summed E-state index contributed by atoms with van der Waals surface area (Å²) >= 11 is 3.69. The Hall–Kier alpha value is -2.79. The van der Waals surface area contributed by atoms with E-state index in [0.29, 0.717) is 17.9 Å². The zero-order valence-corrected chi connectivity index (χ0v) is 20.1. The van der Waals surface area contributed by atoms with Gasteiger partial charge in [-0.15, -0.1) is 0 Å². The lowest BCUT2D eigenvalue weighted by Crippen LogP contribution is -2.26. The van der Waals surface area contributed by atoms with E-state index in [1.54, 1.807) is 7.11 Å². The molecule has 0 saturated heterocycles. The minimum atomic E-state index is -0.106. The highest BCUT2D eigenvalue weighted by atomic mass is 79.9. The topological polar surface area (TPSA) is 47.6 Å². The summed E-state index contributed by atoms with van der Waals surface area (Å²) in [6, 6.07) is 16.5. The number of carbonyl (C=O) groups is 1. The van der Waals surface area contributed by atoms with E-state index in [9.17, 15) is 4.79 Å². The Bertz CT molecular complexity index is 1260. The number of nitrogens with one attached hydrogen (secondary N) is 1. The van der Waals surface area contributed by atoms with Crippen molar-refractivity contribution in [3.05, 3.63) is 69.7 Å². The van der Waals surface area contributed by atoms with Crippen molar-refractivity contribution >= 4 is 43.7 Å². The van der Waals surface area contributed by atoms with Crippen molar-refractivity contribution in [3.63, 3.8) is 0 Å². The quantitative estimate of drug-likeness (QED) is 0.423. The molecule has 2 aliphatic rings. The van der Waals surface area contributed by atoms with Gasteiger partial charge in [0, 0.05) is 22.9 Å². The molecule has 1 heterocycles. The predicted molar refractivity (Wildman–Crippen MR) is 133 cm³/mol. The Kier molecular flexibility index (Phi) is 5.46. The number of anilines is 1. The van der Waals surface area contributed by atoms with Crippen LogP contribution in [0.25, 0.3) is 16.3 Å². The summed E-state index contributed by atoms with van der Waals surface area (Å²) in [5.74, 6) is 1.61. The van der Waals surface area contributed by atoms with Gasteiger partial charge in [0.2, 0.25) is 0 Å². The third kappa shape index (κ3) is 3.49.